The van der Waals surface area contributed by atoms with Crippen LogP contribution in [0.2, 0.25) is 0 Å². The second-order valence-corrected chi connectivity index (χ2v) is 11.0. The van der Waals surface area contributed by atoms with E-state index in [-0.39, 0.29) is 11.9 Å². The van der Waals surface area contributed by atoms with Crippen LogP contribution in [0.3, 0.4) is 0 Å². The summed E-state index contributed by atoms with van der Waals surface area (Å²) >= 11 is 0. The van der Waals surface area contributed by atoms with Crippen molar-refractivity contribution < 1.29 is 13.2 Å². The molecule has 9 nitrogen and oxygen atoms in total. The van der Waals surface area contributed by atoms with Gasteiger partial charge in [0.25, 0.3) is 10.2 Å². The normalized spacial score (nSPS) is 22.4. The van der Waals surface area contributed by atoms with Crippen LogP contribution in [-0.4, -0.2) is 110 Å². The summed E-state index contributed by atoms with van der Waals surface area (Å²) in [6, 6.07) is 6.00. The Kier molecular flexibility index (Phi) is 7.65. The van der Waals surface area contributed by atoms with Gasteiger partial charge in [-0.25, -0.2) is 4.98 Å². The van der Waals surface area contributed by atoms with E-state index in [9.17, 15) is 13.2 Å². The van der Waals surface area contributed by atoms with Gasteiger partial charge in [-0.05, 0) is 25.0 Å². The van der Waals surface area contributed by atoms with Crippen LogP contribution in [0, 0.1) is 0 Å². The summed E-state index contributed by atoms with van der Waals surface area (Å²) in [6.45, 7) is 5.38. The highest BCUT2D eigenvalue weighted by Crippen LogP contribution is 2.25. The fourth-order valence-electron chi connectivity index (χ4n) is 4.95. The molecule has 0 N–H and O–H groups in total. The van der Waals surface area contributed by atoms with Gasteiger partial charge in [-0.3, -0.25) is 9.69 Å². The Bertz CT molecular complexity index is 846. The predicted octanol–water partition coefficient (Wildman–Crippen LogP) is 0.857. The monoisotopic (exact) mass is 464 g/mol. The molecule has 1 aromatic heterocycles. The molecule has 0 unspecified atom stereocenters. The molecule has 0 spiro atoms. The number of amides is 1. The Morgan fingerprint density at radius 2 is 1.69 bits per heavy atom. The standard InChI is InChI=1S/C22H36N6O3S/c1-24(20-7-3-2-4-8-20)32(30,31)28-17-11-25(12-18-28)19-22(29)27-15-13-26(14-16-27)21-9-5-6-10-23-21/h5-6,9-10,20H,2-4,7-8,11-19H2,1H3. The van der Waals surface area contributed by atoms with E-state index in [1.165, 1.54) is 6.42 Å². The number of nitrogens with zero attached hydrogens (tertiary/aromatic N) is 6. The number of hydrogen-bond acceptors (Lipinski definition) is 6. The quantitative estimate of drug-likeness (QED) is 0.621. The highest BCUT2D eigenvalue weighted by molar-refractivity contribution is 7.86. The molecule has 1 saturated carbocycles. The van der Waals surface area contributed by atoms with Gasteiger partial charge in [0.05, 0.1) is 6.54 Å². The van der Waals surface area contributed by atoms with E-state index >= 15 is 0 Å². The first-order valence-electron chi connectivity index (χ1n) is 11.8. The summed E-state index contributed by atoms with van der Waals surface area (Å²) in [7, 11) is -1.71. The molecule has 1 aliphatic carbocycles. The van der Waals surface area contributed by atoms with E-state index in [1.54, 1.807) is 21.9 Å². The zero-order chi connectivity index (χ0) is 22.6. The Morgan fingerprint density at radius 3 is 2.31 bits per heavy atom. The van der Waals surface area contributed by atoms with Crippen LogP contribution in [0.1, 0.15) is 32.1 Å². The second-order valence-electron chi connectivity index (χ2n) is 9.05. The summed E-state index contributed by atoms with van der Waals surface area (Å²) in [5.41, 5.74) is 0. The van der Waals surface area contributed by atoms with Crippen molar-refractivity contribution in [3.05, 3.63) is 24.4 Å². The van der Waals surface area contributed by atoms with Crippen LogP contribution < -0.4 is 4.90 Å². The number of hydrogen-bond donors (Lipinski definition) is 0. The van der Waals surface area contributed by atoms with Crippen molar-refractivity contribution in [2.75, 3.05) is 70.9 Å². The molecule has 1 aromatic rings. The van der Waals surface area contributed by atoms with Crippen LogP contribution in [0.4, 0.5) is 5.82 Å². The number of rotatable bonds is 6. The Balaban J connectivity index is 1.22. The lowest BCUT2D eigenvalue weighted by Crippen LogP contribution is -2.56. The van der Waals surface area contributed by atoms with Crippen molar-refractivity contribution in [1.29, 1.82) is 0 Å². The number of pyridine rings is 1. The lowest BCUT2D eigenvalue weighted by atomic mass is 9.96. The molecule has 3 heterocycles. The maximum atomic E-state index is 13.1. The molecule has 0 radical (unpaired) electrons. The molecular weight excluding hydrogens is 428 g/mol. The van der Waals surface area contributed by atoms with Crippen molar-refractivity contribution >= 4 is 21.9 Å². The van der Waals surface area contributed by atoms with Crippen LogP contribution >= 0.6 is 0 Å². The molecule has 178 valence electrons. The smallest absolute Gasteiger partial charge is 0.282 e. The maximum absolute atomic E-state index is 13.1. The van der Waals surface area contributed by atoms with Crippen molar-refractivity contribution in [2.24, 2.45) is 0 Å². The number of anilines is 1. The molecule has 4 rings (SSSR count). The third kappa shape index (κ3) is 5.41. The Hall–Kier alpha value is -1.75. The number of aromatic nitrogens is 1. The second kappa shape index (κ2) is 10.5. The highest BCUT2D eigenvalue weighted by Gasteiger charge is 2.35. The van der Waals surface area contributed by atoms with Crippen LogP contribution in [0.15, 0.2) is 24.4 Å². The largest absolute Gasteiger partial charge is 0.353 e. The fourth-order valence-corrected chi connectivity index (χ4v) is 6.53. The fraction of sp³-hybridized carbons (Fsp3) is 0.727. The molecule has 2 saturated heterocycles. The van der Waals surface area contributed by atoms with Crippen molar-refractivity contribution in [3.8, 4) is 0 Å². The van der Waals surface area contributed by atoms with Gasteiger partial charge >= 0.3 is 0 Å². The zero-order valence-corrected chi connectivity index (χ0v) is 19.9. The number of piperazine rings is 2. The summed E-state index contributed by atoms with van der Waals surface area (Å²) in [4.78, 5) is 23.4. The van der Waals surface area contributed by atoms with E-state index in [0.29, 0.717) is 45.8 Å². The van der Waals surface area contributed by atoms with Gasteiger partial charge in [-0.1, -0.05) is 25.3 Å². The highest BCUT2D eigenvalue weighted by atomic mass is 32.2. The lowest BCUT2D eigenvalue weighted by molar-refractivity contribution is -0.133. The molecule has 10 heteroatoms. The van der Waals surface area contributed by atoms with Crippen LogP contribution in [-0.2, 0) is 15.0 Å². The van der Waals surface area contributed by atoms with Crippen LogP contribution in [0.25, 0.3) is 0 Å². The molecule has 1 amide bonds. The Morgan fingerprint density at radius 1 is 1.00 bits per heavy atom. The van der Waals surface area contributed by atoms with Gasteiger partial charge < -0.3 is 9.80 Å². The number of carbonyl (C=O) groups excluding carboxylic acids is 1. The minimum Gasteiger partial charge on any atom is -0.353 e. The summed E-state index contributed by atoms with van der Waals surface area (Å²) < 4.78 is 29.3. The topological polar surface area (TPSA) is 80.3 Å². The van der Waals surface area contributed by atoms with Crippen LogP contribution in [0.5, 0.6) is 0 Å². The van der Waals surface area contributed by atoms with Crippen molar-refractivity contribution in [2.45, 2.75) is 38.1 Å². The van der Waals surface area contributed by atoms with Gasteiger partial charge in [0.1, 0.15) is 5.82 Å². The molecule has 32 heavy (non-hydrogen) atoms. The number of carbonyl (C=O) groups is 1. The van der Waals surface area contributed by atoms with Crippen molar-refractivity contribution in [3.63, 3.8) is 0 Å². The first kappa shape index (κ1) is 23.4. The average Bonchev–Trinajstić information content (AvgIpc) is 2.85. The maximum Gasteiger partial charge on any atom is 0.282 e. The first-order valence-corrected chi connectivity index (χ1v) is 13.2. The molecule has 2 aliphatic heterocycles. The van der Waals surface area contributed by atoms with E-state index in [4.69, 9.17) is 0 Å². The molecular formula is C22H36N6O3S. The van der Waals surface area contributed by atoms with Crippen molar-refractivity contribution in [1.82, 2.24) is 23.4 Å². The third-order valence-electron chi connectivity index (χ3n) is 7.07. The molecule has 0 atom stereocenters. The third-order valence-corrected chi connectivity index (χ3v) is 9.12. The van der Waals surface area contributed by atoms with Gasteiger partial charge in [0, 0.05) is 71.6 Å². The van der Waals surface area contributed by atoms with E-state index in [0.717, 1.165) is 44.6 Å². The zero-order valence-electron chi connectivity index (χ0n) is 19.1. The van der Waals surface area contributed by atoms with E-state index in [2.05, 4.69) is 14.8 Å². The summed E-state index contributed by atoms with van der Waals surface area (Å²) in [5.74, 6) is 1.08. The molecule has 3 fully saturated rings. The van der Waals surface area contributed by atoms with Gasteiger partial charge in [-0.15, -0.1) is 0 Å². The minimum absolute atomic E-state index is 0.123. The van der Waals surface area contributed by atoms with Gasteiger partial charge in [-0.2, -0.15) is 17.0 Å². The van der Waals surface area contributed by atoms with Gasteiger partial charge in [0.15, 0.2) is 0 Å². The van der Waals surface area contributed by atoms with Gasteiger partial charge in [0.2, 0.25) is 5.91 Å². The Labute approximate surface area is 192 Å². The average molecular weight is 465 g/mol. The molecule has 3 aliphatic rings. The van der Waals surface area contributed by atoms with E-state index < -0.39 is 10.2 Å². The lowest BCUT2D eigenvalue weighted by Gasteiger charge is -2.39. The SMILES string of the molecule is CN(C1CCCCC1)S(=O)(=O)N1CCN(CC(=O)N2CCN(c3ccccn3)CC2)CC1. The predicted molar refractivity (Wildman–Crippen MR) is 125 cm³/mol. The molecule has 0 aromatic carbocycles. The van der Waals surface area contributed by atoms with E-state index in [1.807, 2.05) is 23.1 Å². The first-order chi connectivity index (χ1) is 15.4. The molecule has 0 bridgehead atoms. The minimum atomic E-state index is -3.43. The summed E-state index contributed by atoms with van der Waals surface area (Å²) in [5, 5.41) is 0. The summed E-state index contributed by atoms with van der Waals surface area (Å²) in [6.07, 6.45) is 7.12.